The molecule has 0 N–H and O–H groups in total. The van der Waals surface area contributed by atoms with Gasteiger partial charge < -0.3 is 0 Å². The van der Waals surface area contributed by atoms with Gasteiger partial charge in [-0.2, -0.15) is 0 Å². The molecule has 3 aromatic rings. The molecule has 97 valence electrons. The molecule has 0 unspecified atom stereocenters. The molecule has 0 saturated heterocycles. The van der Waals surface area contributed by atoms with Crippen LogP contribution in [0.4, 0.5) is 0 Å². The van der Waals surface area contributed by atoms with E-state index in [1.165, 1.54) is 15.9 Å². The van der Waals surface area contributed by atoms with Crippen molar-refractivity contribution in [1.29, 1.82) is 0 Å². The first-order valence-electron chi connectivity index (χ1n) is 6.50. The quantitative estimate of drug-likeness (QED) is 0.508. The van der Waals surface area contributed by atoms with Crippen molar-refractivity contribution in [3.8, 4) is 0 Å². The van der Waals surface area contributed by atoms with E-state index in [-0.39, 0.29) is 0 Å². The molecule has 0 aliphatic rings. The number of rotatable bonds is 3. The molecule has 0 aliphatic carbocycles. The van der Waals surface area contributed by atoms with Crippen LogP contribution in [-0.2, 0) is 0 Å². The first kappa shape index (κ1) is 13.6. The zero-order chi connectivity index (χ0) is 13.8. The predicted molar refractivity (Wildman–Crippen MR) is 89.7 cm³/mol. The summed E-state index contributed by atoms with van der Waals surface area (Å²) in [6.07, 6.45) is 0. The SMILES string of the molecule is [Se-][P+](c1[c]cccc1)(c1ccccc1)c1ccccc1. The number of benzene rings is 3. The zero-order valence-electron chi connectivity index (χ0n) is 10.9. The average Bonchev–Trinajstić information content (AvgIpc) is 2.56. The van der Waals surface area contributed by atoms with Crippen LogP contribution in [0.3, 0.4) is 0 Å². The van der Waals surface area contributed by atoms with Crippen molar-refractivity contribution in [2.24, 2.45) is 0 Å². The summed E-state index contributed by atoms with van der Waals surface area (Å²) >= 11 is 3.52. The third-order valence-electron chi connectivity index (χ3n) is 3.27. The molecule has 20 heavy (non-hydrogen) atoms. The Bertz CT molecular complexity index is 569. The molecule has 1 radical (unpaired) electrons. The van der Waals surface area contributed by atoms with Gasteiger partial charge in [0.15, 0.2) is 0 Å². The predicted octanol–water partition coefficient (Wildman–Crippen LogP) is 2.86. The van der Waals surface area contributed by atoms with Gasteiger partial charge in [0.1, 0.15) is 0 Å². The fraction of sp³-hybridized carbons (Fsp3) is 0. The van der Waals surface area contributed by atoms with E-state index < -0.39 is 5.95 Å². The molecule has 3 aromatic carbocycles. The van der Waals surface area contributed by atoms with Gasteiger partial charge in [-0.05, 0) is 0 Å². The van der Waals surface area contributed by atoms with Crippen molar-refractivity contribution in [2.75, 3.05) is 0 Å². The standard InChI is InChI=1S/C18H14PSe/c20-19(16-10-4-1-5-11-16,17-12-6-2-7-13-17)18-14-8-3-9-15-18/h1-14H. The molecule has 2 heteroatoms. The summed E-state index contributed by atoms with van der Waals surface area (Å²) in [7, 11) is 0. The normalized spacial score (nSPS) is 11.2. The Morgan fingerprint density at radius 2 is 1.15 bits per heavy atom. The van der Waals surface area contributed by atoms with Gasteiger partial charge >= 0.3 is 128 Å². The maximum absolute atomic E-state index is 3.52. The summed E-state index contributed by atoms with van der Waals surface area (Å²) in [5.41, 5.74) is 0. The molecule has 0 heterocycles. The summed E-state index contributed by atoms with van der Waals surface area (Å²) in [5, 5.41) is 3.93. The van der Waals surface area contributed by atoms with Gasteiger partial charge in [-0.3, -0.25) is 0 Å². The van der Waals surface area contributed by atoms with Gasteiger partial charge in [0.05, 0.1) is 0 Å². The maximum atomic E-state index is 3.52. The van der Waals surface area contributed by atoms with Crippen LogP contribution >= 0.6 is 5.95 Å². The van der Waals surface area contributed by atoms with Gasteiger partial charge in [-0.15, -0.1) is 0 Å². The van der Waals surface area contributed by atoms with Crippen molar-refractivity contribution in [3.05, 3.63) is 91.0 Å². The van der Waals surface area contributed by atoms with Crippen LogP contribution in [-0.4, -0.2) is 15.6 Å². The van der Waals surface area contributed by atoms with Gasteiger partial charge in [0.25, 0.3) is 0 Å². The molecular formula is C18H14PSe. The first-order valence-corrected chi connectivity index (χ1v) is 10.5. The van der Waals surface area contributed by atoms with Crippen molar-refractivity contribution in [2.45, 2.75) is 0 Å². The molecule has 0 nitrogen and oxygen atoms in total. The van der Waals surface area contributed by atoms with E-state index in [9.17, 15) is 0 Å². The minimum absolute atomic E-state index is 1.25. The van der Waals surface area contributed by atoms with Gasteiger partial charge in [-0.25, -0.2) is 0 Å². The summed E-state index contributed by atoms with van der Waals surface area (Å²) in [6, 6.07) is 33.1. The number of hydrogen-bond acceptors (Lipinski definition) is 0. The van der Waals surface area contributed by atoms with Crippen LogP contribution in [0, 0.1) is 6.07 Å². The topological polar surface area (TPSA) is 0 Å². The zero-order valence-corrected chi connectivity index (χ0v) is 13.5. The van der Waals surface area contributed by atoms with E-state index in [0.29, 0.717) is 0 Å². The second kappa shape index (κ2) is 5.94. The molecule has 0 fully saturated rings. The Morgan fingerprint density at radius 1 is 0.650 bits per heavy atom. The fourth-order valence-corrected chi connectivity index (χ4v) is 7.12. The Kier molecular flexibility index (Phi) is 4.03. The Balaban J connectivity index is 2.24. The van der Waals surface area contributed by atoms with E-state index in [0.717, 1.165) is 0 Å². The van der Waals surface area contributed by atoms with E-state index in [1.54, 1.807) is 0 Å². The summed E-state index contributed by atoms with van der Waals surface area (Å²) in [4.78, 5) is 0. The van der Waals surface area contributed by atoms with Gasteiger partial charge in [0.2, 0.25) is 0 Å². The van der Waals surface area contributed by atoms with Crippen molar-refractivity contribution in [1.82, 2.24) is 0 Å². The molecular weight excluding hydrogens is 326 g/mol. The van der Waals surface area contributed by atoms with Gasteiger partial charge in [0, 0.05) is 0 Å². The molecule has 0 aliphatic heterocycles. The minimum atomic E-state index is -1.71. The Labute approximate surface area is 128 Å². The Morgan fingerprint density at radius 3 is 1.60 bits per heavy atom. The molecule has 0 bridgehead atoms. The molecule has 0 saturated carbocycles. The second-order valence-corrected chi connectivity index (χ2v) is 10.7. The van der Waals surface area contributed by atoms with Crippen LogP contribution in [0.15, 0.2) is 84.9 Å². The Hall–Kier alpha value is -1.39. The van der Waals surface area contributed by atoms with Crippen LogP contribution in [0.1, 0.15) is 0 Å². The molecule has 0 aromatic heterocycles. The molecule has 0 atom stereocenters. The summed E-state index contributed by atoms with van der Waals surface area (Å²) in [6.45, 7) is 0. The first-order chi connectivity index (χ1) is 9.82. The second-order valence-electron chi connectivity index (χ2n) is 4.53. The van der Waals surface area contributed by atoms with Crippen LogP contribution in [0.2, 0.25) is 0 Å². The van der Waals surface area contributed by atoms with Crippen molar-refractivity contribution < 1.29 is 0 Å². The van der Waals surface area contributed by atoms with Crippen LogP contribution in [0.25, 0.3) is 0 Å². The summed E-state index contributed by atoms with van der Waals surface area (Å²) in [5.74, 6) is -1.71. The van der Waals surface area contributed by atoms with E-state index in [1.807, 2.05) is 12.1 Å². The molecule has 0 amide bonds. The van der Waals surface area contributed by atoms with E-state index >= 15 is 0 Å². The third-order valence-corrected chi connectivity index (χ3v) is 10.2. The third kappa shape index (κ3) is 2.45. The molecule has 3 rings (SSSR count). The monoisotopic (exact) mass is 341 g/mol. The average molecular weight is 340 g/mol. The van der Waals surface area contributed by atoms with Crippen molar-refractivity contribution in [3.63, 3.8) is 0 Å². The molecule has 0 spiro atoms. The van der Waals surface area contributed by atoms with E-state index in [2.05, 4.69) is 94.4 Å². The van der Waals surface area contributed by atoms with Crippen LogP contribution in [0.5, 0.6) is 0 Å². The fourth-order valence-electron chi connectivity index (χ4n) is 2.28. The van der Waals surface area contributed by atoms with Crippen molar-refractivity contribution >= 4 is 37.4 Å². The van der Waals surface area contributed by atoms with E-state index in [4.69, 9.17) is 0 Å². The van der Waals surface area contributed by atoms with Crippen LogP contribution < -0.4 is 15.9 Å². The summed E-state index contributed by atoms with van der Waals surface area (Å²) < 4.78 is 0. The number of hydrogen-bond donors (Lipinski definition) is 0. The van der Waals surface area contributed by atoms with Gasteiger partial charge in [-0.1, -0.05) is 0 Å².